The number of carbonyl (C=O) groups excluding carboxylic acids is 1. The van der Waals surface area contributed by atoms with E-state index in [1.807, 2.05) is 36.9 Å². The van der Waals surface area contributed by atoms with Crippen LogP contribution in [0.1, 0.15) is 36.0 Å². The molecular weight excluding hydrogens is 340 g/mol. The van der Waals surface area contributed by atoms with E-state index < -0.39 is 6.10 Å². The summed E-state index contributed by atoms with van der Waals surface area (Å²) in [6, 6.07) is 5.56. The van der Waals surface area contributed by atoms with Crippen LogP contribution < -0.4 is 0 Å². The number of carbonyl (C=O) groups is 1. The van der Waals surface area contributed by atoms with Crippen LogP contribution in [0, 0.1) is 19.8 Å². The zero-order valence-electron chi connectivity index (χ0n) is 14.5. The maximum absolute atomic E-state index is 12.5. The average molecular weight is 363 g/mol. The molecule has 1 saturated heterocycles. The minimum absolute atomic E-state index is 0.0352. The van der Waals surface area contributed by atoms with Crippen LogP contribution in [-0.4, -0.2) is 43.8 Å². The molecule has 0 spiro atoms. The third kappa shape index (κ3) is 3.85. The molecule has 1 fully saturated rings. The van der Waals surface area contributed by atoms with Crippen molar-refractivity contribution < 1.29 is 9.90 Å². The van der Waals surface area contributed by atoms with Gasteiger partial charge in [-0.15, -0.1) is 0 Å². The maximum atomic E-state index is 12.5. The Morgan fingerprint density at radius 2 is 2.08 bits per heavy atom. The van der Waals surface area contributed by atoms with Gasteiger partial charge in [-0.3, -0.25) is 14.5 Å². The van der Waals surface area contributed by atoms with Gasteiger partial charge in [0.05, 0.1) is 28.2 Å². The van der Waals surface area contributed by atoms with Gasteiger partial charge in [-0.05, 0) is 44.7 Å². The Hall–Kier alpha value is -1.92. The molecule has 6 nitrogen and oxygen atoms in total. The van der Waals surface area contributed by atoms with E-state index in [0.717, 1.165) is 24.2 Å². The molecular formula is C18H23ClN4O2. The highest BCUT2D eigenvalue weighted by molar-refractivity contribution is 6.31. The number of likely N-dealkylation sites (tertiary alicyclic amines) is 1. The zero-order valence-corrected chi connectivity index (χ0v) is 15.3. The van der Waals surface area contributed by atoms with E-state index in [9.17, 15) is 9.90 Å². The number of hydrogen-bond donors (Lipinski definition) is 1. The van der Waals surface area contributed by atoms with E-state index in [1.54, 1.807) is 10.9 Å². The second-order valence-corrected chi connectivity index (χ2v) is 6.94. The fraction of sp³-hybridized carbons (Fsp3) is 0.500. The van der Waals surface area contributed by atoms with E-state index >= 15 is 0 Å². The van der Waals surface area contributed by atoms with Crippen molar-refractivity contribution in [3.63, 3.8) is 0 Å². The van der Waals surface area contributed by atoms with Gasteiger partial charge in [0.25, 0.3) is 0 Å². The molecule has 0 aliphatic carbocycles. The molecule has 1 unspecified atom stereocenters. The molecule has 1 aliphatic heterocycles. The van der Waals surface area contributed by atoms with E-state index in [1.165, 1.54) is 0 Å². The summed E-state index contributed by atoms with van der Waals surface area (Å²) in [5.41, 5.74) is 2.25. The minimum Gasteiger partial charge on any atom is -0.387 e. The van der Waals surface area contributed by atoms with E-state index in [2.05, 4.69) is 10.1 Å². The molecule has 0 bridgehead atoms. The Kier molecular flexibility index (Phi) is 5.39. The van der Waals surface area contributed by atoms with Crippen molar-refractivity contribution in [2.24, 2.45) is 5.92 Å². The van der Waals surface area contributed by atoms with Crippen LogP contribution in [0.5, 0.6) is 0 Å². The molecule has 1 amide bonds. The first-order valence-electron chi connectivity index (χ1n) is 8.53. The SMILES string of the molecule is Cc1nn(CC(=O)N2CCC(C(O)c3ccccn3)CC2)c(C)c1Cl. The number of halogens is 1. The standard InChI is InChI=1S/C18H23ClN4O2/c1-12-17(19)13(2)23(21-12)11-16(24)22-9-6-14(7-10-22)18(25)15-5-3-4-8-20-15/h3-5,8,14,18,25H,6-7,9-11H2,1-2H3. The van der Waals surface area contributed by atoms with E-state index in [4.69, 9.17) is 11.6 Å². The third-order valence-corrected chi connectivity index (χ3v) is 5.45. The minimum atomic E-state index is -0.576. The molecule has 3 rings (SSSR count). The van der Waals surface area contributed by atoms with Crippen molar-refractivity contribution in [1.29, 1.82) is 0 Å². The molecule has 2 aromatic rings. The summed E-state index contributed by atoms with van der Waals surface area (Å²) >= 11 is 6.14. The molecule has 1 N–H and O–H groups in total. The monoisotopic (exact) mass is 362 g/mol. The quantitative estimate of drug-likeness (QED) is 0.907. The lowest BCUT2D eigenvalue weighted by Crippen LogP contribution is -2.41. The molecule has 0 aromatic carbocycles. The Morgan fingerprint density at radius 3 is 2.64 bits per heavy atom. The normalized spacial score (nSPS) is 16.9. The van der Waals surface area contributed by atoms with Gasteiger partial charge in [0.15, 0.2) is 0 Å². The lowest BCUT2D eigenvalue weighted by molar-refractivity contribution is -0.134. The molecule has 7 heteroatoms. The summed E-state index contributed by atoms with van der Waals surface area (Å²) in [5, 5.41) is 15.4. The van der Waals surface area contributed by atoms with Gasteiger partial charge in [-0.2, -0.15) is 5.10 Å². The van der Waals surface area contributed by atoms with Crippen LogP contribution in [-0.2, 0) is 11.3 Å². The lowest BCUT2D eigenvalue weighted by Gasteiger charge is -2.34. The Balaban J connectivity index is 1.56. The predicted molar refractivity (Wildman–Crippen MR) is 95.2 cm³/mol. The molecule has 0 radical (unpaired) electrons. The van der Waals surface area contributed by atoms with Gasteiger partial charge in [0.1, 0.15) is 6.54 Å². The largest absolute Gasteiger partial charge is 0.387 e. The summed E-state index contributed by atoms with van der Waals surface area (Å²) in [7, 11) is 0. The number of hydrogen-bond acceptors (Lipinski definition) is 4. The first kappa shape index (κ1) is 17.9. The highest BCUT2D eigenvalue weighted by atomic mass is 35.5. The number of amides is 1. The Labute approximate surface area is 152 Å². The average Bonchev–Trinajstić information content (AvgIpc) is 2.88. The number of aromatic nitrogens is 3. The van der Waals surface area contributed by atoms with Gasteiger partial charge in [-0.25, -0.2) is 0 Å². The van der Waals surface area contributed by atoms with Crippen LogP contribution in [0.25, 0.3) is 0 Å². The van der Waals surface area contributed by atoms with Crippen LogP contribution in [0.3, 0.4) is 0 Å². The number of pyridine rings is 1. The molecule has 25 heavy (non-hydrogen) atoms. The van der Waals surface area contributed by atoms with Gasteiger partial charge in [-0.1, -0.05) is 17.7 Å². The summed E-state index contributed by atoms with van der Waals surface area (Å²) in [6.07, 6.45) is 2.65. The first-order chi connectivity index (χ1) is 12.0. The highest BCUT2D eigenvalue weighted by Crippen LogP contribution is 2.29. The molecule has 2 aromatic heterocycles. The van der Waals surface area contributed by atoms with E-state index in [-0.39, 0.29) is 18.4 Å². The van der Waals surface area contributed by atoms with Gasteiger partial charge < -0.3 is 10.0 Å². The second kappa shape index (κ2) is 7.54. The van der Waals surface area contributed by atoms with Crippen LogP contribution in [0.2, 0.25) is 5.02 Å². The lowest BCUT2D eigenvalue weighted by atomic mass is 9.89. The highest BCUT2D eigenvalue weighted by Gasteiger charge is 2.29. The summed E-state index contributed by atoms with van der Waals surface area (Å²) in [4.78, 5) is 18.6. The van der Waals surface area contributed by atoms with Crippen molar-refractivity contribution in [1.82, 2.24) is 19.7 Å². The fourth-order valence-electron chi connectivity index (χ4n) is 3.31. The van der Waals surface area contributed by atoms with Crippen molar-refractivity contribution in [3.05, 3.63) is 46.5 Å². The predicted octanol–water partition coefficient (Wildman–Crippen LogP) is 2.52. The van der Waals surface area contributed by atoms with E-state index in [0.29, 0.717) is 23.8 Å². The number of aliphatic hydroxyl groups is 1. The number of nitrogens with zero attached hydrogens (tertiary/aromatic N) is 4. The van der Waals surface area contributed by atoms with Gasteiger partial charge in [0.2, 0.25) is 5.91 Å². The molecule has 1 atom stereocenters. The topological polar surface area (TPSA) is 71.2 Å². The summed E-state index contributed by atoms with van der Waals surface area (Å²) in [5.74, 6) is 0.162. The maximum Gasteiger partial charge on any atom is 0.244 e. The third-order valence-electron chi connectivity index (χ3n) is 4.91. The molecule has 0 saturated carbocycles. The fourth-order valence-corrected chi connectivity index (χ4v) is 3.45. The molecule has 134 valence electrons. The van der Waals surface area contributed by atoms with Crippen LogP contribution >= 0.6 is 11.6 Å². The van der Waals surface area contributed by atoms with Gasteiger partial charge >= 0.3 is 0 Å². The summed E-state index contributed by atoms with van der Waals surface area (Å²) in [6.45, 7) is 5.18. The molecule has 3 heterocycles. The second-order valence-electron chi connectivity index (χ2n) is 6.56. The number of aliphatic hydroxyl groups excluding tert-OH is 1. The number of piperidine rings is 1. The zero-order chi connectivity index (χ0) is 18.0. The molecule has 1 aliphatic rings. The van der Waals surface area contributed by atoms with Crippen molar-refractivity contribution in [3.8, 4) is 0 Å². The van der Waals surface area contributed by atoms with Crippen molar-refractivity contribution in [2.45, 2.75) is 39.3 Å². The number of rotatable bonds is 4. The van der Waals surface area contributed by atoms with Crippen LogP contribution in [0.15, 0.2) is 24.4 Å². The number of aryl methyl sites for hydroxylation is 1. The Bertz CT molecular complexity index is 739. The first-order valence-corrected chi connectivity index (χ1v) is 8.91. The van der Waals surface area contributed by atoms with Crippen molar-refractivity contribution >= 4 is 17.5 Å². The van der Waals surface area contributed by atoms with Crippen LogP contribution in [0.4, 0.5) is 0 Å². The summed E-state index contributed by atoms with van der Waals surface area (Å²) < 4.78 is 1.66. The Morgan fingerprint density at radius 1 is 1.36 bits per heavy atom. The smallest absolute Gasteiger partial charge is 0.244 e. The van der Waals surface area contributed by atoms with Gasteiger partial charge in [0, 0.05) is 19.3 Å². The van der Waals surface area contributed by atoms with Crippen molar-refractivity contribution in [2.75, 3.05) is 13.1 Å².